The summed E-state index contributed by atoms with van der Waals surface area (Å²) >= 11 is 0. The van der Waals surface area contributed by atoms with Crippen molar-refractivity contribution in [2.75, 3.05) is 5.32 Å². The number of cyclic esters (lactones) is 1. The Morgan fingerprint density at radius 1 is 1.17 bits per heavy atom. The van der Waals surface area contributed by atoms with Gasteiger partial charge in [0.05, 0.1) is 5.56 Å². The zero-order chi connectivity index (χ0) is 16.2. The molecule has 3 rings (SSSR count). The van der Waals surface area contributed by atoms with Crippen molar-refractivity contribution in [1.29, 1.82) is 0 Å². The first-order valence-corrected chi connectivity index (χ1v) is 7.90. The van der Waals surface area contributed by atoms with Crippen molar-refractivity contribution in [3.05, 3.63) is 65.2 Å². The molecule has 2 aromatic rings. The van der Waals surface area contributed by atoms with Crippen LogP contribution in [0.1, 0.15) is 58.6 Å². The average molecular weight is 309 g/mol. The Balaban J connectivity index is 1.78. The minimum Gasteiger partial charge on any atom is -0.454 e. The van der Waals surface area contributed by atoms with E-state index in [0.29, 0.717) is 16.8 Å². The van der Waals surface area contributed by atoms with E-state index < -0.39 is 0 Å². The van der Waals surface area contributed by atoms with Gasteiger partial charge >= 0.3 is 5.97 Å². The van der Waals surface area contributed by atoms with E-state index in [4.69, 9.17) is 4.74 Å². The lowest BCUT2D eigenvalue weighted by molar-refractivity contribution is 0.0364. The largest absolute Gasteiger partial charge is 0.454 e. The van der Waals surface area contributed by atoms with Crippen molar-refractivity contribution >= 4 is 17.6 Å². The predicted octanol–water partition coefficient (Wildman–Crippen LogP) is 4.34. The molecular formula is C19H19NO3. The van der Waals surface area contributed by atoms with Crippen LogP contribution < -0.4 is 5.32 Å². The lowest BCUT2D eigenvalue weighted by Gasteiger charge is -2.10. The van der Waals surface area contributed by atoms with Crippen LogP contribution in [0.15, 0.2) is 48.5 Å². The van der Waals surface area contributed by atoms with E-state index in [1.54, 1.807) is 18.2 Å². The third kappa shape index (κ3) is 3.26. The second-order valence-corrected chi connectivity index (χ2v) is 5.66. The number of benzene rings is 2. The van der Waals surface area contributed by atoms with E-state index in [-0.39, 0.29) is 18.0 Å². The van der Waals surface area contributed by atoms with Crippen molar-refractivity contribution in [2.45, 2.75) is 32.3 Å². The highest BCUT2D eigenvalue weighted by Gasteiger charge is 2.30. The lowest BCUT2D eigenvalue weighted by Crippen LogP contribution is -2.12. The first-order chi connectivity index (χ1) is 11.2. The monoisotopic (exact) mass is 309 g/mol. The number of carbonyl (C=O) groups excluding carboxylic acids is 2. The zero-order valence-corrected chi connectivity index (χ0v) is 13.0. The van der Waals surface area contributed by atoms with Crippen molar-refractivity contribution in [2.24, 2.45) is 0 Å². The van der Waals surface area contributed by atoms with Crippen molar-refractivity contribution in [3.63, 3.8) is 0 Å². The fraction of sp³-hybridized carbons (Fsp3) is 0.263. The number of fused-ring (bicyclic) bond motifs is 1. The third-order valence-electron chi connectivity index (χ3n) is 3.98. The summed E-state index contributed by atoms with van der Waals surface area (Å²) in [6.45, 7) is 2.11. The number of rotatable bonds is 5. The molecule has 1 atom stereocenters. The number of carbonyl (C=O) groups is 2. The molecular weight excluding hydrogens is 290 g/mol. The molecule has 1 unspecified atom stereocenters. The topological polar surface area (TPSA) is 55.4 Å². The van der Waals surface area contributed by atoms with Gasteiger partial charge in [-0.25, -0.2) is 4.79 Å². The quantitative estimate of drug-likeness (QED) is 0.836. The van der Waals surface area contributed by atoms with Crippen molar-refractivity contribution in [3.8, 4) is 0 Å². The molecule has 0 aromatic heterocycles. The molecule has 1 heterocycles. The smallest absolute Gasteiger partial charge is 0.339 e. The Morgan fingerprint density at radius 2 is 1.96 bits per heavy atom. The van der Waals surface area contributed by atoms with E-state index in [1.807, 2.05) is 30.3 Å². The number of unbranched alkanes of at least 4 members (excludes halogenated alkanes) is 1. The van der Waals surface area contributed by atoms with Gasteiger partial charge in [-0.2, -0.15) is 0 Å². The maximum atomic E-state index is 12.2. The molecule has 0 saturated heterocycles. The van der Waals surface area contributed by atoms with E-state index in [0.717, 1.165) is 24.8 Å². The summed E-state index contributed by atoms with van der Waals surface area (Å²) in [4.78, 5) is 24.2. The van der Waals surface area contributed by atoms with Crippen molar-refractivity contribution < 1.29 is 14.3 Å². The van der Waals surface area contributed by atoms with Gasteiger partial charge in [-0.1, -0.05) is 37.6 Å². The summed E-state index contributed by atoms with van der Waals surface area (Å²) < 4.78 is 5.43. The van der Waals surface area contributed by atoms with Crippen molar-refractivity contribution in [1.82, 2.24) is 0 Å². The lowest BCUT2D eigenvalue weighted by atomic mass is 10.0. The van der Waals surface area contributed by atoms with Gasteiger partial charge in [0.2, 0.25) is 0 Å². The van der Waals surface area contributed by atoms with Crippen LogP contribution in [0.2, 0.25) is 0 Å². The maximum Gasteiger partial charge on any atom is 0.339 e. The normalized spacial score (nSPS) is 15.9. The number of amides is 1. The van der Waals surface area contributed by atoms with E-state index in [9.17, 15) is 9.59 Å². The Labute approximate surface area is 135 Å². The van der Waals surface area contributed by atoms with Crippen LogP contribution in [0.4, 0.5) is 5.69 Å². The van der Waals surface area contributed by atoms with Gasteiger partial charge in [0.25, 0.3) is 5.91 Å². The Bertz CT molecular complexity index is 725. The molecule has 1 aliphatic rings. The zero-order valence-electron chi connectivity index (χ0n) is 13.0. The highest BCUT2D eigenvalue weighted by molar-refractivity contribution is 6.05. The van der Waals surface area contributed by atoms with Gasteiger partial charge in [-0.15, -0.1) is 0 Å². The molecule has 1 amide bonds. The molecule has 0 radical (unpaired) electrons. The minimum atomic E-state index is -0.308. The number of ether oxygens (including phenoxy) is 1. The van der Waals surface area contributed by atoms with Gasteiger partial charge in [0.1, 0.15) is 6.10 Å². The van der Waals surface area contributed by atoms with Crippen LogP contribution in [0.5, 0.6) is 0 Å². The second-order valence-electron chi connectivity index (χ2n) is 5.66. The van der Waals surface area contributed by atoms with Gasteiger partial charge in [0, 0.05) is 16.8 Å². The SMILES string of the molecule is CCCCC1OC(=O)c2cc(NC(=O)c3ccccc3)ccc21. The summed E-state index contributed by atoms with van der Waals surface area (Å²) in [5.41, 5.74) is 2.65. The van der Waals surface area contributed by atoms with Gasteiger partial charge in [-0.05, 0) is 37.1 Å². The van der Waals surface area contributed by atoms with Gasteiger partial charge in [0.15, 0.2) is 0 Å². The summed E-state index contributed by atoms with van der Waals surface area (Å²) in [7, 11) is 0. The minimum absolute atomic E-state index is 0.156. The Hall–Kier alpha value is -2.62. The molecule has 118 valence electrons. The van der Waals surface area contributed by atoms with E-state index >= 15 is 0 Å². The molecule has 0 saturated carbocycles. The number of nitrogens with one attached hydrogen (secondary N) is 1. The highest BCUT2D eigenvalue weighted by atomic mass is 16.5. The van der Waals surface area contributed by atoms with Crippen LogP contribution >= 0.6 is 0 Å². The molecule has 0 spiro atoms. The summed E-state index contributed by atoms with van der Waals surface area (Å²) in [5.74, 6) is -0.503. The standard InChI is InChI=1S/C19H19NO3/c1-2-3-9-17-15-11-10-14(12-16(15)19(22)23-17)20-18(21)13-7-5-4-6-8-13/h4-8,10-12,17H,2-3,9H2,1H3,(H,20,21). The van der Waals surface area contributed by atoms with Crippen LogP contribution in [-0.2, 0) is 4.74 Å². The molecule has 4 nitrogen and oxygen atoms in total. The Kier molecular flexibility index (Phi) is 4.42. The fourth-order valence-electron chi connectivity index (χ4n) is 2.74. The van der Waals surface area contributed by atoms with Gasteiger partial charge in [-0.3, -0.25) is 4.79 Å². The van der Waals surface area contributed by atoms with Crippen LogP contribution in [-0.4, -0.2) is 11.9 Å². The molecule has 0 fully saturated rings. The van der Waals surface area contributed by atoms with E-state index in [1.165, 1.54) is 0 Å². The molecule has 2 aromatic carbocycles. The van der Waals surface area contributed by atoms with Crippen LogP contribution in [0.25, 0.3) is 0 Å². The van der Waals surface area contributed by atoms with Gasteiger partial charge < -0.3 is 10.1 Å². The molecule has 4 heteroatoms. The molecule has 1 N–H and O–H groups in total. The number of esters is 1. The first kappa shape index (κ1) is 15.3. The summed E-state index contributed by atoms with van der Waals surface area (Å²) in [6.07, 6.45) is 2.76. The first-order valence-electron chi connectivity index (χ1n) is 7.90. The summed E-state index contributed by atoms with van der Waals surface area (Å²) in [6, 6.07) is 14.4. The number of hydrogen-bond donors (Lipinski definition) is 1. The average Bonchev–Trinajstić information content (AvgIpc) is 2.89. The highest BCUT2D eigenvalue weighted by Crippen LogP contribution is 2.35. The number of hydrogen-bond acceptors (Lipinski definition) is 3. The molecule has 1 aliphatic heterocycles. The summed E-state index contributed by atoms with van der Waals surface area (Å²) in [5, 5.41) is 2.82. The third-order valence-corrected chi connectivity index (χ3v) is 3.98. The second kappa shape index (κ2) is 6.65. The molecule has 0 bridgehead atoms. The molecule has 0 aliphatic carbocycles. The van der Waals surface area contributed by atoms with Crippen LogP contribution in [0, 0.1) is 0 Å². The van der Waals surface area contributed by atoms with Crippen LogP contribution in [0.3, 0.4) is 0 Å². The molecule has 23 heavy (non-hydrogen) atoms. The fourth-order valence-corrected chi connectivity index (χ4v) is 2.74. The predicted molar refractivity (Wildman–Crippen MR) is 88.5 cm³/mol. The number of anilines is 1. The maximum absolute atomic E-state index is 12.2. The van der Waals surface area contributed by atoms with E-state index in [2.05, 4.69) is 12.2 Å². The Morgan fingerprint density at radius 3 is 2.70 bits per heavy atom.